The zero-order chi connectivity index (χ0) is 28.2. The standard InChI is InChI=1S/C33H26FN3O3/c1-20-23(15-29(34)24-10-11-26(19-39)31(16-24)40-3)6-4-7-27(20)28-8-5-9-30(21(28)2)37-33-32-25(12-13-35-33)14-22(18-38)17-36-32/h4-19H,1-3H3,(H,35,37)/b29-15-. The summed E-state index contributed by atoms with van der Waals surface area (Å²) in [4.78, 5) is 31.3. The molecule has 40 heavy (non-hydrogen) atoms. The number of halogens is 1. The van der Waals surface area contributed by atoms with Gasteiger partial charge in [0.1, 0.15) is 17.1 Å². The van der Waals surface area contributed by atoms with Gasteiger partial charge in [0.15, 0.2) is 18.4 Å². The van der Waals surface area contributed by atoms with Gasteiger partial charge in [0.25, 0.3) is 0 Å². The predicted molar refractivity (Wildman–Crippen MR) is 157 cm³/mol. The summed E-state index contributed by atoms with van der Waals surface area (Å²) in [5.41, 5.74) is 7.31. The Labute approximate surface area is 231 Å². The van der Waals surface area contributed by atoms with Gasteiger partial charge in [0.2, 0.25) is 0 Å². The van der Waals surface area contributed by atoms with E-state index in [2.05, 4.69) is 15.3 Å². The summed E-state index contributed by atoms with van der Waals surface area (Å²) in [5.74, 6) is 0.471. The SMILES string of the molecule is COc1cc(/C(F)=C/c2cccc(-c3cccc(Nc4nccc5cc(C=O)cnc45)c3C)c2C)ccc1C=O. The summed E-state index contributed by atoms with van der Waals surface area (Å²) in [6.07, 6.45) is 6.14. The molecule has 0 spiro atoms. The first-order valence-electron chi connectivity index (χ1n) is 12.6. The second-order valence-electron chi connectivity index (χ2n) is 9.31. The first kappa shape index (κ1) is 26.4. The van der Waals surface area contributed by atoms with E-state index in [-0.39, 0.29) is 0 Å². The summed E-state index contributed by atoms with van der Waals surface area (Å²) in [6.45, 7) is 3.98. The fraction of sp³-hybridized carbons (Fsp3) is 0.0909. The molecule has 0 aliphatic rings. The van der Waals surface area contributed by atoms with Gasteiger partial charge in [-0.25, -0.2) is 9.37 Å². The van der Waals surface area contributed by atoms with Crippen molar-refractivity contribution in [2.45, 2.75) is 13.8 Å². The van der Waals surface area contributed by atoms with Gasteiger partial charge < -0.3 is 10.1 Å². The number of methoxy groups -OCH3 is 1. The van der Waals surface area contributed by atoms with Gasteiger partial charge in [0, 0.05) is 34.6 Å². The highest BCUT2D eigenvalue weighted by Gasteiger charge is 2.14. The highest BCUT2D eigenvalue weighted by molar-refractivity contribution is 5.93. The van der Waals surface area contributed by atoms with Crippen molar-refractivity contribution in [1.29, 1.82) is 0 Å². The molecule has 0 aliphatic carbocycles. The summed E-state index contributed by atoms with van der Waals surface area (Å²) in [6, 6.07) is 19.9. The van der Waals surface area contributed by atoms with Gasteiger partial charge in [0.05, 0.1) is 12.7 Å². The van der Waals surface area contributed by atoms with Crippen LogP contribution < -0.4 is 10.1 Å². The molecule has 0 radical (unpaired) electrons. The molecule has 0 saturated carbocycles. The van der Waals surface area contributed by atoms with E-state index in [4.69, 9.17) is 4.74 Å². The van der Waals surface area contributed by atoms with E-state index in [0.29, 0.717) is 40.1 Å². The van der Waals surface area contributed by atoms with Gasteiger partial charge >= 0.3 is 0 Å². The smallest absolute Gasteiger partial charge is 0.156 e. The number of pyridine rings is 2. The van der Waals surface area contributed by atoms with Crippen LogP contribution in [0, 0.1) is 13.8 Å². The van der Waals surface area contributed by atoms with E-state index >= 15 is 4.39 Å². The van der Waals surface area contributed by atoms with Gasteiger partial charge in [-0.05, 0) is 78.1 Å². The molecule has 1 N–H and O–H groups in total. The monoisotopic (exact) mass is 531 g/mol. The van der Waals surface area contributed by atoms with Crippen LogP contribution in [0.4, 0.5) is 15.9 Å². The summed E-state index contributed by atoms with van der Waals surface area (Å²) in [5, 5.41) is 4.21. The second kappa shape index (κ2) is 11.3. The van der Waals surface area contributed by atoms with Crippen LogP contribution in [0.3, 0.4) is 0 Å². The number of nitrogens with zero attached hydrogens (tertiary/aromatic N) is 2. The molecule has 0 saturated heterocycles. The number of carbonyl (C=O) groups excluding carboxylic acids is 2. The third kappa shape index (κ3) is 5.09. The van der Waals surface area contributed by atoms with Crippen LogP contribution in [-0.4, -0.2) is 29.7 Å². The maximum Gasteiger partial charge on any atom is 0.156 e. The van der Waals surface area contributed by atoms with E-state index in [0.717, 1.165) is 45.2 Å². The van der Waals surface area contributed by atoms with Crippen LogP contribution in [0.2, 0.25) is 0 Å². The Morgan fingerprint density at radius 3 is 2.40 bits per heavy atom. The molecule has 198 valence electrons. The number of hydrogen-bond donors (Lipinski definition) is 1. The molecule has 0 atom stereocenters. The number of ether oxygens (including phenoxy) is 1. The molecule has 5 aromatic rings. The lowest BCUT2D eigenvalue weighted by atomic mass is 9.92. The first-order chi connectivity index (χ1) is 19.4. The number of hydrogen-bond acceptors (Lipinski definition) is 6. The minimum atomic E-state index is -0.435. The van der Waals surface area contributed by atoms with Crippen LogP contribution in [0.5, 0.6) is 5.75 Å². The number of benzene rings is 3. The Morgan fingerprint density at radius 1 is 0.875 bits per heavy atom. The minimum absolute atomic E-state index is 0.321. The molecular formula is C33H26FN3O3. The molecule has 0 amide bonds. The third-order valence-corrected chi connectivity index (χ3v) is 6.93. The highest BCUT2D eigenvalue weighted by atomic mass is 19.1. The number of anilines is 2. The van der Waals surface area contributed by atoms with Crippen molar-refractivity contribution in [3.05, 3.63) is 113 Å². The maximum atomic E-state index is 15.3. The molecule has 2 heterocycles. The van der Waals surface area contributed by atoms with E-state index in [1.807, 2.05) is 56.3 Å². The zero-order valence-corrected chi connectivity index (χ0v) is 22.2. The molecule has 0 bridgehead atoms. The summed E-state index contributed by atoms with van der Waals surface area (Å²) < 4.78 is 20.5. The van der Waals surface area contributed by atoms with Crippen molar-refractivity contribution < 1.29 is 18.7 Å². The Balaban J connectivity index is 1.50. The zero-order valence-electron chi connectivity index (χ0n) is 22.2. The van der Waals surface area contributed by atoms with E-state index in [1.54, 1.807) is 24.4 Å². The largest absolute Gasteiger partial charge is 0.496 e. The third-order valence-electron chi connectivity index (χ3n) is 6.93. The fourth-order valence-electron chi connectivity index (χ4n) is 4.70. The lowest BCUT2D eigenvalue weighted by Crippen LogP contribution is -2.00. The normalized spacial score (nSPS) is 11.3. The number of fused-ring (bicyclic) bond motifs is 1. The number of nitrogens with one attached hydrogen (secondary N) is 1. The lowest BCUT2D eigenvalue weighted by molar-refractivity contribution is 0.111. The average Bonchev–Trinajstić information content (AvgIpc) is 2.98. The summed E-state index contributed by atoms with van der Waals surface area (Å²) >= 11 is 0. The first-order valence-corrected chi connectivity index (χ1v) is 12.6. The van der Waals surface area contributed by atoms with E-state index in [1.165, 1.54) is 25.4 Å². The van der Waals surface area contributed by atoms with Crippen molar-refractivity contribution >= 4 is 46.9 Å². The maximum absolute atomic E-state index is 15.3. The molecule has 3 aromatic carbocycles. The Morgan fingerprint density at radius 2 is 1.65 bits per heavy atom. The van der Waals surface area contributed by atoms with E-state index in [9.17, 15) is 9.59 Å². The number of carbonyl (C=O) groups is 2. The molecule has 2 aromatic heterocycles. The Hall–Kier alpha value is -5.17. The van der Waals surface area contributed by atoms with Crippen LogP contribution in [0.15, 0.2) is 79.1 Å². The fourth-order valence-corrected chi connectivity index (χ4v) is 4.70. The molecule has 0 unspecified atom stereocenters. The Bertz CT molecular complexity index is 1800. The van der Waals surface area contributed by atoms with Gasteiger partial charge in [-0.15, -0.1) is 0 Å². The number of aromatic nitrogens is 2. The van der Waals surface area contributed by atoms with Crippen LogP contribution in [-0.2, 0) is 0 Å². The van der Waals surface area contributed by atoms with Crippen molar-refractivity contribution in [2.24, 2.45) is 0 Å². The van der Waals surface area contributed by atoms with Crippen molar-refractivity contribution in [2.75, 3.05) is 12.4 Å². The summed E-state index contributed by atoms with van der Waals surface area (Å²) in [7, 11) is 1.45. The van der Waals surface area contributed by atoms with Crippen molar-refractivity contribution in [3.63, 3.8) is 0 Å². The molecule has 0 aliphatic heterocycles. The molecule has 5 rings (SSSR count). The molecular weight excluding hydrogens is 505 g/mol. The highest BCUT2D eigenvalue weighted by Crippen LogP contribution is 2.35. The molecule has 6 nitrogen and oxygen atoms in total. The Kier molecular flexibility index (Phi) is 7.46. The average molecular weight is 532 g/mol. The van der Waals surface area contributed by atoms with E-state index < -0.39 is 5.83 Å². The van der Waals surface area contributed by atoms with Crippen LogP contribution >= 0.6 is 0 Å². The number of aldehydes is 2. The van der Waals surface area contributed by atoms with Gasteiger partial charge in [-0.2, -0.15) is 0 Å². The van der Waals surface area contributed by atoms with Crippen molar-refractivity contribution in [1.82, 2.24) is 9.97 Å². The topological polar surface area (TPSA) is 81.2 Å². The van der Waals surface area contributed by atoms with Gasteiger partial charge in [-0.3, -0.25) is 14.6 Å². The molecule has 0 fully saturated rings. The van der Waals surface area contributed by atoms with Gasteiger partial charge in [-0.1, -0.05) is 36.4 Å². The molecule has 7 heteroatoms. The van der Waals surface area contributed by atoms with Crippen molar-refractivity contribution in [3.8, 4) is 16.9 Å². The minimum Gasteiger partial charge on any atom is -0.496 e. The second-order valence-corrected chi connectivity index (χ2v) is 9.31. The number of rotatable bonds is 8. The lowest BCUT2D eigenvalue weighted by Gasteiger charge is -2.16. The quantitative estimate of drug-likeness (QED) is 0.163. The van der Waals surface area contributed by atoms with Crippen LogP contribution in [0.1, 0.15) is 43.0 Å². The predicted octanol–water partition coefficient (Wildman–Crippen LogP) is 7.76. The van der Waals surface area contributed by atoms with Crippen LogP contribution in [0.25, 0.3) is 33.9 Å².